The normalized spacial score (nSPS) is 11.4. The standard InChI is InChI=1S/C36H36N4/c1-2-3-23-40-34(35(30-15-9-5-10-16-30)38-36(40)31-17-11-6-12-18-31)27-39(25-28-13-7-4-8-14-28)26-29-19-20-33-32(24-29)21-22-37-33/h4-22,24,37H,2-3,23,25-27H2,1H3. The van der Waals surface area contributed by atoms with Crippen molar-refractivity contribution in [1.82, 2.24) is 19.4 Å². The number of aromatic nitrogens is 3. The van der Waals surface area contributed by atoms with Crippen LogP contribution in [-0.4, -0.2) is 19.4 Å². The van der Waals surface area contributed by atoms with E-state index in [1.165, 1.54) is 33.3 Å². The summed E-state index contributed by atoms with van der Waals surface area (Å²) in [6.07, 6.45) is 4.26. The smallest absolute Gasteiger partial charge is 0.140 e. The van der Waals surface area contributed by atoms with Crippen LogP contribution in [0, 0.1) is 0 Å². The van der Waals surface area contributed by atoms with Gasteiger partial charge in [-0.2, -0.15) is 0 Å². The van der Waals surface area contributed by atoms with Crippen molar-refractivity contribution >= 4 is 10.9 Å². The summed E-state index contributed by atoms with van der Waals surface area (Å²) < 4.78 is 2.48. The molecular weight excluding hydrogens is 488 g/mol. The fourth-order valence-electron chi connectivity index (χ4n) is 5.52. The van der Waals surface area contributed by atoms with Gasteiger partial charge in [0.2, 0.25) is 0 Å². The van der Waals surface area contributed by atoms with Crippen LogP contribution in [0.15, 0.2) is 121 Å². The number of unbranched alkanes of at least 4 members (excludes halogenated alkanes) is 1. The van der Waals surface area contributed by atoms with Crippen molar-refractivity contribution in [2.75, 3.05) is 0 Å². The Morgan fingerprint density at radius 2 is 1.38 bits per heavy atom. The molecule has 0 saturated carbocycles. The van der Waals surface area contributed by atoms with E-state index in [0.29, 0.717) is 0 Å². The molecule has 6 aromatic rings. The van der Waals surface area contributed by atoms with Crippen LogP contribution in [0.4, 0.5) is 0 Å². The fourth-order valence-corrected chi connectivity index (χ4v) is 5.52. The Labute approximate surface area is 237 Å². The molecule has 1 N–H and O–H groups in total. The molecular formula is C36H36N4. The highest BCUT2D eigenvalue weighted by Gasteiger charge is 2.22. The van der Waals surface area contributed by atoms with Crippen molar-refractivity contribution in [3.8, 4) is 22.6 Å². The third-order valence-electron chi connectivity index (χ3n) is 7.53. The maximum atomic E-state index is 5.34. The monoisotopic (exact) mass is 524 g/mol. The number of rotatable bonds is 11. The second kappa shape index (κ2) is 12.2. The summed E-state index contributed by atoms with van der Waals surface area (Å²) in [5, 5.41) is 1.25. The van der Waals surface area contributed by atoms with Gasteiger partial charge in [-0.15, -0.1) is 0 Å². The van der Waals surface area contributed by atoms with E-state index < -0.39 is 0 Å². The van der Waals surface area contributed by atoms with E-state index in [0.717, 1.165) is 56.1 Å². The molecule has 0 amide bonds. The zero-order valence-corrected chi connectivity index (χ0v) is 23.1. The van der Waals surface area contributed by atoms with Crippen molar-refractivity contribution in [2.24, 2.45) is 0 Å². The molecule has 0 radical (unpaired) electrons. The summed E-state index contributed by atoms with van der Waals surface area (Å²) >= 11 is 0. The van der Waals surface area contributed by atoms with Gasteiger partial charge in [-0.05, 0) is 41.1 Å². The van der Waals surface area contributed by atoms with Crippen LogP contribution in [0.5, 0.6) is 0 Å². The van der Waals surface area contributed by atoms with Crippen LogP contribution in [0.25, 0.3) is 33.5 Å². The van der Waals surface area contributed by atoms with Crippen LogP contribution in [0.2, 0.25) is 0 Å². The molecule has 200 valence electrons. The molecule has 4 nitrogen and oxygen atoms in total. The van der Waals surface area contributed by atoms with Gasteiger partial charge < -0.3 is 9.55 Å². The zero-order valence-electron chi connectivity index (χ0n) is 23.1. The molecule has 40 heavy (non-hydrogen) atoms. The van der Waals surface area contributed by atoms with Crippen molar-refractivity contribution in [2.45, 2.75) is 45.9 Å². The lowest BCUT2D eigenvalue weighted by molar-refractivity contribution is 0.241. The van der Waals surface area contributed by atoms with Gasteiger partial charge in [0.15, 0.2) is 0 Å². The van der Waals surface area contributed by atoms with Crippen LogP contribution in [0.3, 0.4) is 0 Å². The highest BCUT2D eigenvalue weighted by molar-refractivity contribution is 5.79. The number of aromatic amines is 1. The van der Waals surface area contributed by atoms with Gasteiger partial charge in [-0.25, -0.2) is 4.98 Å². The molecule has 0 bridgehead atoms. The van der Waals surface area contributed by atoms with Crippen molar-refractivity contribution in [3.05, 3.63) is 138 Å². The molecule has 2 heterocycles. The van der Waals surface area contributed by atoms with E-state index in [2.05, 4.69) is 137 Å². The molecule has 6 rings (SSSR count). The minimum atomic E-state index is 0.799. The van der Waals surface area contributed by atoms with E-state index in [-0.39, 0.29) is 0 Å². The highest BCUT2D eigenvalue weighted by atomic mass is 15.2. The van der Waals surface area contributed by atoms with Crippen molar-refractivity contribution in [1.29, 1.82) is 0 Å². The first-order valence-corrected chi connectivity index (χ1v) is 14.3. The summed E-state index contributed by atoms with van der Waals surface area (Å²) in [6.45, 7) is 5.72. The first kappa shape index (κ1) is 25.8. The highest BCUT2D eigenvalue weighted by Crippen LogP contribution is 2.32. The van der Waals surface area contributed by atoms with Crippen molar-refractivity contribution < 1.29 is 0 Å². The molecule has 4 aromatic carbocycles. The molecule has 0 aliphatic rings. The van der Waals surface area contributed by atoms with Gasteiger partial charge >= 0.3 is 0 Å². The predicted molar refractivity (Wildman–Crippen MR) is 166 cm³/mol. The Morgan fingerprint density at radius 1 is 0.700 bits per heavy atom. The second-order valence-corrected chi connectivity index (χ2v) is 10.5. The first-order valence-electron chi connectivity index (χ1n) is 14.3. The molecule has 4 heteroatoms. The van der Waals surface area contributed by atoms with Crippen LogP contribution in [-0.2, 0) is 26.2 Å². The molecule has 0 aliphatic heterocycles. The number of hydrogen-bond donors (Lipinski definition) is 1. The quantitative estimate of drug-likeness (QED) is 0.184. The van der Waals surface area contributed by atoms with Crippen LogP contribution < -0.4 is 0 Å². The first-order chi connectivity index (χ1) is 19.8. The molecule has 0 spiro atoms. The summed E-state index contributed by atoms with van der Waals surface area (Å²) in [5.74, 6) is 1.05. The van der Waals surface area contributed by atoms with E-state index >= 15 is 0 Å². The summed E-state index contributed by atoms with van der Waals surface area (Å²) in [7, 11) is 0. The van der Waals surface area contributed by atoms with Gasteiger partial charge in [-0.1, -0.05) is 110 Å². The molecule has 2 aromatic heterocycles. The Hall–Kier alpha value is -4.41. The number of imidazole rings is 1. The van der Waals surface area contributed by atoms with Crippen LogP contribution in [0.1, 0.15) is 36.6 Å². The molecule has 0 atom stereocenters. The lowest BCUT2D eigenvalue weighted by Gasteiger charge is -2.25. The average molecular weight is 525 g/mol. The van der Waals surface area contributed by atoms with Gasteiger partial charge in [0.25, 0.3) is 0 Å². The minimum Gasteiger partial charge on any atom is -0.361 e. The average Bonchev–Trinajstić information content (AvgIpc) is 3.62. The second-order valence-electron chi connectivity index (χ2n) is 10.5. The maximum Gasteiger partial charge on any atom is 0.140 e. The Bertz CT molecular complexity index is 1650. The summed E-state index contributed by atoms with van der Waals surface area (Å²) in [4.78, 5) is 11.2. The van der Waals surface area contributed by atoms with E-state index in [9.17, 15) is 0 Å². The van der Waals surface area contributed by atoms with Gasteiger partial charge in [0.05, 0.1) is 11.4 Å². The van der Waals surface area contributed by atoms with E-state index in [1.54, 1.807) is 0 Å². The Kier molecular flexibility index (Phi) is 7.87. The van der Waals surface area contributed by atoms with Crippen LogP contribution >= 0.6 is 0 Å². The Balaban J connectivity index is 1.45. The molecule has 0 fully saturated rings. The topological polar surface area (TPSA) is 36.9 Å². The van der Waals surface area contributed by atoms with Gasteiger partial charge in [0.1, 0.15) is 5.82 Å². The molecule has 0 unspecified atom stereocenters. The van der Waals surface area contributed by atoms with Gasteiger partial charge in [0, 0.05) is 49.0 Å². The third-order valence-corrected chi connectivity index (χ3v) is 7.53. The number of nitrogens with zero attached hydrogens (tertiary/aromatic N) is 3. The maximum absolute atomic E-state index is 5.34. The fraction of sp³-hybridized carbons (Fsp3) is 0.194. The summed E-state index contributed by atoms with van der Waals surface area (Å²) in [6, 6.07) is 41.0. The number of H-pyrrole nitrogens is 1. The largest absolute Gasteiger partial charge is 0.361 e. The number of hydrogen-bond acceptors (Lipinski definition) is 2. The lowest BCUT2D eigenvalue weighted by Crippen LogP contribution is -2.24. The molecule has 0 aliphatic carbocycles. The van der Waals surface area contributed by atoms with Crippen molar-refractivity contribution in [3.63, 3.8) is 0 Å². The lowest BCUT2D eigenvalue weighted by atomic mass is 10.1. The number of benzene rings is 4. The van der Waals surface area contributed by atoms with Gasteiger partial charge in [-0.3, -0.25) is 4.90 Å². The number of fused-ring (bicyclic) bond motifs is 1. The van der Waals surface area contributed by atoms with E-state index in [1.807, 2.05) is 6.20 Å². The molecule has 0 saturated heterocycles. The Morgan fingerprint density at radius 3 is 2.10 bits per heavy atom. The third kappa shape index (κ3) is 5.78. The minimum absolute atomic E-state index is 0.799. The SMILES string of the molecule is CCCCn1c(-c2ccccc2)nc(-c2ccccc2)c1CN(Cc1ccccc1)Cc1ccc2[nH]ccc2c1. The number of nitrogens with one attached hydrogen (secondary N) is 1. The predicted octanol–water partition coefficient (Wildman–Crippen LogP) is 8.70. The zero-order chi connectivity index (χ0) is 27.1. The van der Waals surface area contributed by atoms with E-state index in [4.69, 9.17) is 4.98 Å². The summed E-state index contributed by atoms with van der Waals surface area (Å²) in [5.41, 5.74) is 8.48.